The molecule has 0 aromatic heterocycles. The molecule has 0 atom stereocenters. The lowest BCUT2D eigenvalue weighted by Gasteiger charge is -2.21. The number of nitrogens with zero attached hydrogens (tertiary/aromatic N) is 1. The fourth-order valence-electron chi connectivity index (χ4n) is 1.33. The third-order valence-electron chi connectivity index (χ3n) is 2.46. The van der Waals surface area contributed by atoms with Crippen molar-refractivity contribution in [2.24, 2.45) is 5.92 Å². The van der Waals surface area contributed by atoms with Crippen molar-refractivity contribution in [3.63, 3.8) is 0 Å². The van der Waals surface area contributed by atoms with Crippen LogP contribution in [0.3, 0.4) is 0 Å². The molecule has 0 rings (SSSR count). The van der Waals surface area contributed by atoms with Crippen LogP contribution in [0.25, 0.3) is 0 Å². The van der Waals surface area contributed by atoms with Gasteiger partial charge in [0.2, 0.25) is 0 Å². The molecule has 4 heteroatoms. The predicted octanol–water partition coefficient (Wildman–Crippen LogP) is 1.20. The van der Waals surface area contributed by atoms with Gasteiger partial charge in [-0.2, -0.15) is 0 Å². The third-order valence-corrected chi connectivity index (χ3v) is 2.46. The maximum Gasteiger partial charge on any atom is 0.149 e. The fraction of sp³-hybridized carbons (Fsp3) is 0.917. The molecule has 0 aromatic rings. The van der Waals surface area contributed by atoms with Gasteiger partial charge < -0.3 is 9.47 Å². The minimum absolute atomic E-state index is 0.104. The van der Waals surface area contributed by atoms with Gasteiger partial charge in [0.05, 0.1) is 13.2 Å². The first-order chi connectivity index (χ1) is 7.61. The van der Waals surface area contributed by atoms with E-state index >= 15 is 0 Å². The number of ether oxygens (including phenoxy) is 2. The number of Topliss-reactive ketones (excluding diaryl/α,β-unsaturated/α-hetero) is 1. The van der Waals surface area contributed by atoms with Gasteiger partial charge in [0.25, 0.3) is 0 Å². The summed E-state index contributed by atoms with van der Waals surface area (Å²) in [5.74, 6) is 0.390. The van der Waals surface area contributed by atoms with Gasteiger partial charge in [-0.1, -0.05) is 13.8 Å². The van der Waals surface area contributed by atoms with Crippen molar-refractivity contribution in [3.8, 4) is 0 Å². The molecule has 0 unspecified atom stereocenters. The van der Waals surface area contributed by atoms with Gasteiger partial charge in [0.1, 0.15) is 5.78 Å². The van der Waals surface area contributed by atoms with Crippen LogP contribution < -0.4 is 0 Å². The Morgan fingerprint density at radius 1 is 1.12 bits per heavy atom. The van der Waals surface area contributed by atoms with Crippen LogP contribution >= 0.6 is 0 Å². The summed E-state index contributed by atoms with van der Waals surface area (Å²) in [5.41, 5.74) is 0. The molecular weight excluding hydrogens is 206 g/mol. The van der Waals surface area contributed by atoms with Crippen molar-refractivity contribution in [1.29, 1.82) is 0 Å². The quantitative estimate of drug-likeness (QED) is 0.530. The number of carbonyl (C=O) groups is 1. The number of ketones is 1. The topological polar surface area (TPSA) is 38.8 Å². The van der Waals surface area contributed by atoms with Crippen LogP contribution in [-0.2, 0) is 14.3 Å². The molecule has 0 aliphatic carbocycles. The van der Waals surface area contributed by atoms with E-state index in [0.717, 1.165) is 26.1 Å². The lowest BCUT2D eigenvalue weighted by Crippen LogP contribution is -2.35. The Balaban J connectivity index is 3.93. The highest BCUT2D eigenvalue weighted by Gasteiger charge is 2.13. The van der Waals surface area contributed by atoms with Crippen LogP contribution in [0.1, 0.15) is 20.3 Å². The van der Waals surface area contributed by atoms with Crippen LogP contribution in [0.15, 0.2) is 0 Å². The molecule has 0 N–H and O–H groups in total. The highest BCUT2D eigenvalue weighted by atomic mass is 16.5. The Bertz CT molecular complexity index is 183. The number of rotatable bonds is 10. The van der Waals surface area contributed by atoms with Crippen molar-refractivity contribution in [2.45, 2.75) is 20.3 Å². The molecule has 16 heavy (non-hydrogen) atoms. The highest BCUT2D eigenvalue weighted by Crippen LogP contribution is 1.99. The molecule has 4 nitrogen and oxygen atoms in total. The molecule has 0 fully saturated rings. The van der Waals surface area contributed by atoms with Gasteiger partial charge in [0.15, 0.2) is 0 Å². The molecule has 0 saturated carbocycles. The molecule has 0 aliphatic rings. The average molecular weight is 231 g/mol. The number of methoxy groups -OCH3 is 2. The Kier molecular flexibility index (Phi) is 9.48. The van der Waals surface area contributed by atoms with Crippen molar-refractivity contribution in [2.75, 3.05) is 47.1 Å². The fourth-order valence-corrected chi connectivity index (χ4v) is 1.33. The zero-order valence-electron chi connectivity index (χ0n) is 11.0. The molecule has 0 aliphatic heterocycles. The van der Waals surface area contributed by atoms with Crippen molar-refractivity contribution in [1.82, 2.24) is 4.90 Å². The maximum atomic E-state index is 11.6. The van der Waals surface area contributed by atoms with Crippen LogP contribution in [0.5, 0.6) is 0 Å². The average Bonchev–Trinajstić information content (AvgIpc) is 2.25. The molecule has 0 bridgehead atoms. The minimum atomic E-state index is 0.104. The van der Waals surface area contributed by atoms with Gasteiger partial charge in [-0.05, 0) is 6.42 Å². The van der Waals surface area contributed by atoms with Crippen LogP contribution in [0, 0.1) is 5.92 Å². The van der Waals surface area contributed by atoms with Gasteiger partial charge in [-0.15, -0.1) is 0 Å². The van der Waals surface area contributed by atoms with E-state index < -0.39 is 0 Å². The molecular formula is C12H25NO3. The van der Waals surface area contributed by atoms with E-state index in [-0.39, 0.29) is 11.7 Å². The molecule has 0 heterocycles. The minimum Gasteiger partial charge on any atom is -0.385 e. The standard InChI is InChI=1S/C12H25NO3/c1-11(2)12(14)10-13(7-9-16-4)6-5-8-15-3/h11H,5-10H2,1-4H3. The Labute approximate surface area is 98.9 Å². The lowest BCUT2D eigenvalue weighted by atomic mass is 10.1. The summed E-state index contributed by atoms with van der Waals surface area (Å²) in [4.78, 5) is 13.8. The molecule has 0 amide bonds. The summed E-state index contributed by atoms with van der Waals surface area (Å²) in [6.07, 6.45) is 0.950. The second kappa shape index (κ2) is 9.75. The van der Waals surface area contributed by atoms with E-state index in [1.165, 1.54) is 0 Å². The summed E-state index contributed by atoms with van der Waals surface area (Å²) >= 11 is 0. The highest BCUT2D eigenvalue weighted by molar-refractivity contribution is 5.82. The van der Waals surface area contributed by atoms with Gasteiger partial charge in [-0.3, -0.25) is 9.69 Å². The second-order valence-electron chi connectivity index (χ2n) is 4.24. The first-order valence-corrected chi connectivity index (χ1v) is 5.84. The predicted molar refractivity (Wildman–Crippen MR) is 64.7 cm³/mol. The summed E-state index contributed by atoms with van der Waals surface area (Å²) in [6.45, 7) is 7.48. The number of hydrogen-bond donors (Lipinski definition) is 0. The van der Waals surface area contributed by atoms with Gasteiger partial charge >= 0.3 is 0 Å². The maximum absolute atomic E-state index is 11.6. The number of hydrogen-bond acceptors (Lipinski definition) is 4. The summed E-state index contributed by atoms with van der Waals surface area (Å²) in [6, 6.07) is 0. The van der Waals surface area contributed by atoms with Crippen molar-refractivity contribution < 1.29 is 14.3 Å². The van der Waals surface area contributed by atoms with E-state index in [0.29, 0.717) is 13.2 Å². The summed E-state index contributed by atoms with van der Waals surface area (Å²) in [7, 11) is 3.37. The molecule has 0 saturated heterocycles. The molecule has 0 aromatic carbocycles. The van der Waals surface area contributed by atoms with E-state index in [2.05, 4.69) is 4.90 Å². The van der Waals surface area contributed by atoms with Gasteiger partial charge in [-0.25, -0.2) is 0 Å². The zero-order valence-corrected chi connectivity index (χ0v) is 11.0. The monoisotopic (exact) mass is 231 g/mol. The lowest BCUT2D eigenvalue weighted by molar-refractivity contribution is -0.123. The van der Waals surface area contributed by atoms with Crippen LogP contribution in [0.2, 0.25) is 0 Å². The zero-order chi connectivity index (χ0) is 12.4. The van der Waals surface area contributed by atoms with Crippen molar-refractivity contribution in [3.05, 3.63) is 0 Å². The Morgan fingerprint density at radius 2 is 1.75 bits per heavy atom. The van der Waals surface area contributed by atoms with Crippen LogP contribution in [0.4, 0.5) is 0 Å². The largest absolute Gasteiger partial charge is 0.385 e. The summed E-state index contributed by atoms with van der Waals surface area (Å²) < 4.78 is 10.0. The Morgan fingerprint density at radius 3 is 2.25 bits per heavy atom. The van der Waals surface area contributed by atoms with E-state index in [1.54, 1.807) is 14.2 Å². The normalized spacial score (nSPS) is 11.4. The number of carbonyl (C=O) groups excluding carboxylic acids is 1. The molecule has 0 spiro atoms. The molecule has 0 radical (unpaired) electrons. The van der Waals surface area contributed by atoms with E-state index in [9.17, 15) is 4.79 Å². The van der Waals surface area contributed by atoms with Crippen molar-refractivity contribution >= 4 is 5.78 Å². The van der Waals surface area contributed by atoms with Gasteiger partial charge in [0, 0.05) is 39.8 Å². The first kappa shape index (κ1) is 15.6. The third kappa shape index (κ3) is 7.79. The molecule has 96 valence electrons. The second-order valence-corrected chi connectivity index (χ2v) is 4.24. The van der Waals surface area contributed by atoms with E-state index in [1.807, 2.05) is 13.8 Å². The summed E-state index contributed by atoms with van der Waals surface area (Å²) in [5, 5.41) is 0. The van der Waals surface area contributed by atoms with E-state index in [4.69, 9.17) is 9.47 Å². The SMILES string of the molecule is COCCCN(CCOC)CC(=O)C(C)C. The first-order valence-electron chi connectivity index (χ1n) is 5.84. The Hall–Kier alpha value is -0.450. The smallest absolute Gasteiger partial charge is 0.149 e. The van der Waals surface area contributed by atoms with Crippen LogP contribution in [-0.4, -0.2) is 57.8 Å².